The maximum Gasteiger partial charge on any atom is 0.270 e. The van der Waals surface area contributed by atoms with Crippen molar-refractivity contribution in [2.45, 2.75) is 18.7 Å². The van der Waals surface area contributed by atoms with Gasteiger partial charge in [-0.1, -0.05) is 11.3 Å². The first-order valence-electron chi connectivity index (χ1n) is 11.6. The molecule has 0 aliphatic carbocycles. The van der Waals surface area contributed by atoms with Gasteiger partial charge < -0.3 is 9.64 Å². The zero-order valence-corrected chi connectivity index (χ0v) is 21.0. The minimum Gasteiger partial charge on any atom is -0.494 e. The highest BCUT2D eigenvalue weighted by atomic mass is 32.2. The number of hydrogen-bond acceptors (Lipinski definition) is 10. The molecule has 2 aromatic carbocycles. The number of fused-ring (bicyclic) bond motifs is 1. The molecule has 0 radical (unpaired) electrons. The first kappa shape index (κ1) is 24.5. The van der Waals surface area contributed by atoms with Crippen LogP contribution in [0.1, 0.15) is 12.5 Å². The van der Waals surface area contributed by atoms with E-state index in [0.29, 0.717) is 42.2 Å². The van der Waals surface area contributed by atoms with Crippen LogP contribution in [-0.2, 0) is 10.0 Å². The number of aryl methyl sites for hydroxylation is 1. The van der Waals surface area contributed by atoms with E-state index >= 15 is 0 Å². The van der Waals surface area contributed by atoms with E-state index in [4.69, 9.17) is 4.74 Å². The van der Waals surface area contributed by atoms with Crippen molar-refractivity contribution in [2.75, 3.05) is 37.7 Å². The third-order valence-corrected chi connectivity index (χ3v) is 8.19. The van der Waals surface area contributed by atoms with Gasteiger partial charge in [-0.25, -0.2) is 18.4 Å². The summed E-state index contributed by atoms with van der Waals surface area (Å²) in [5.74, 6) is 1.31. The van der Waals surface area contributed by atoms with Gasteiger partial charge in [0.25, 0.3) is 5.69 Å². The highest BCUT2D eigenvalue weighted by molar-refractivity contribution is 7.89. The molecule has 192 valence electrons. The average molecular weight is 525 g/mol. The van der Waals surface area contributed by atoms with Gasteiger partial charge in [-0.2, -0.15) is 8.99 Å². The van der Waals surface area contributed by atoms with Crippen LogP contribution >= 0.6 is 0 Å². The first-order chi connectivity index (χ1) is 17.8. The molecule has 14 heteroatoms. The SMILES string of the molecule is CCOc1ccc(-n2nnc3c(N4CCN(S(=O)(=O)c5cc([N+](=O)[O-])ccc5C)CC4)ncnc32)cc1. The fourth-order valence-electron chi connectivity index (χ4n) is 4.25. The number of nitro groups is 1. The number of ether oxygens (including phenoxy) is 1. The lowest BCUT2D eigenvalue weighted by Crippen LogP contribution is -2.49. The zero-order chi connectivity index (χ0) is 26.2. The minimum atomic E-state index is -3.91. The molecule has 0 bridgehead atoms. The van der Waals surface area contributed by atoms with Crippen LogP contribution in [0, 0.1) is 17.0 Å². The molecule has 1 saturated heterocycles. The van der Waals surface area contributed by atoms with E-state index in [0.717, 1.165) is 17.5 Å². The van der Waals surface area contributed by atoms with Gasteiger partial charge in [-0.3, -0.25) is 10.1 Å². The summed E-state index contributed by atoms with van der Waals surface area (Å²) in [5.41, 5.74) is 1.98. The smallest absolute Gasteiger partial charge is 0.270 e. The summed E-state index contributed by atoms with van der Waals surface area (Å²) in [4.78, 5) is 21.2. The number of aromatic nitrogens is 5. The van der Waals surface area contributed by atoms with Gasteiger partial charge in [0, 0.05) is 38.3 Å². The van der Waals surface area contributed by atoms with Gasteiger partial charge in [-0.15, -0.1) is 5.10 Å². The summed E-state index contributed by atoms with van der Waals surface area (Å²) in [7, 11) is -3.91. The van der Waals surface area contributed by atoms with Gasteiger partial charge in [0.05, 0.1) is 22.1 Å². The van der Waals surface area contributed by atoms with Gasteiger partial charge in [-0.05, 0) is 43.7 Å². The molecule has 0 saturated carbocycles. The van der Waals surface area contributed by atoms with Gasteiger partial charge in [0.1, 0.15) is 12.1 Å². The van der Waals surface area contributed by atoms with Crippen molar-refractivity contribution in [2.24, 2.45) is 0 Å². The fraction of sp³-hybridized carbons (Fsp3) is 0.304. The number of nitrogens with zero attached hydrogens (tertiary/aromatic N) is 8. The molecule has 5 rings (SSSR count). The molecule has 0 spiro atoms. The summed E-state index contributed by atoms with van der Waals surface area (Å²) in [5, 5.41) is 19.7. The van der Waals surface area contributed by atoms with Gasteiger partial charge >= 0.3 is 0 Å². The Labute approximate surface area is 212 Å². The second-order valence-electron chi connectivity index (χ2n) is 8.40. The Morgan fingerprint density at radius 3 is 2.46 bits per heavy atom. The lowest BCUT2D eigenvalue weighted by molar-refractivity contribution is -0.385. The molecule has 0 unspecified atom stereocenters. The van der Waals surface area contributed by atoms with Crippen molar-refractivity contribution in [1.82, 2.24) is 29.3 Å². The number of rotatable bonds is 7. The second kappa shape index (κ2) is 9.71. The Bertz CT molecular complexity index is 1560. The van der Waals surface area contributed by atoms with E-state index in [9.17, 15) is 18.5 Å². The number of anilines is 1. The molecule has 0 N–H and O–H groups in total. The van der Waals surface area contributed by atoms with Crippen molar-refractivity contribution in [1.29, 1.82) is 0 Å². The first-order valence-corrected chi connectivity index (χ1v) is 13.0. The summed E-state index contributed by atoms with van der Waals surface area (Å²) >= 11 is 0. The van der Waals surface area contributed by atoms with E-state index in [-0.39, 0.29) is 23.7 Å². The number of sulfonamides is 1. The maximum atomic E-state index is 13.3. The molecular weight excluding hydrogens is 500 g/mol. The van der Waals surface area contributed by atoms with Crippen LogP contribution in [-0.4, -0.2) is 75.4 Å². The monoisotopic (exact) mass is 524 g/mol. The number of hydrogen-bond donors (Lipinski definition) is 0. The number of piperazine rings is 1. The van der Waals surface area contributed by atoms with Crippen molar-refractivity contribution in [3.63, 3.8) is 0 Å². The third-order valence-electron chi connectivity index (χ3n) is 6.15. The maximum absolute atomic E-state index is 13.3. The van der Waals surface area contributed by atoms with Crippen LogP contribution in [0.4, 0.5) is 11.5 Å². The minimum absolute atomic E-state index is 0.0575. The predicted molar refractivity (Wildman–Crippen MR) is 134 cm³/mol. The zero-order valence-electron chi connectivity index (χ0n) is 20.2. The number of non-ortho nitro benzene ring substituents is 1. The summed E-state index contributed by atoms with van der Waals surface area (Å²) in [6, 6.07) is 11.3. The van der Waals surface area contributed by atoms with E-state index in [1.807, 2.05) is 36.1 Å². The fourth-order valence-corrected chi connectivity index (χ4v) is 5.92. The summed E-state index contributed by atoms with van der Waals surface area (Å²) < 4.78 is 35.0. The standard InChI is InChI=1S/C23H24N8O5S/c1-3-36-19-8-6-17(7-9-19)30-23-21(26-27-30)22(24-15-25-23)28-10-12-29(13-11-28)37(34,35)20-14-18(31(32)33)5-4-16(20)2/h4-9,14-15H,3,10-13H2,1-2H3. The number of benzene rings is 2. The molecule has 0 atom stereocenters. The molecule has 37 heavy (non-hydrogen) atoms. The van der Waals surface area contributed by atoms with Crippen molar-refractivity contribution >= 4 is 32.7 Å². The molecule has 13 nitrogen and oxygen atoms in total. The molecule has 3 heterocycles. The van der Waals surface area contributed by atoms with E-state index in [1.54, 1.807) is 11.6 Å². The molecule has 4 aromatic rings. The van der Waals surface area contributed by atoms with E-state index in [1.165, 1.54) is 22.8 Å². The largest absolute Gasteiger partial charge is 0.494 e. The van der Waals surface area contributed by atoms with E-state index < -0.39 is 14.9 Å². The molecule has 1 fully saturated rings. The van der Waals surface area contributed by atoms with Crippen molar-refractivity contribution in [3.8, 4) is 11.4 Å². The molecule has 1 aliphatic heterocycles. The van der Waals surface area contributed by atoms with Crippen LogP contribution in [0.5, 0.6) is 5.75 Å². The van der Waals surface area contributed by atoms with Crippen LogP contribution in [0.15, 0.2) is 53.7 Å². The normalized spacial score (nSPS) is 14.7. The lowest BCUT2D eigenvalue weighted by Gasteiger charge is -2.34. The molecule has 0 amide bonds. The lowest BCUT2D eigenvalue weighted by atomic mass is 10.2. The molecule has 1 aliphatic rings. The highest BCUT2D eigenvalue weighted by Crippen LogP contribution is 2.28. The average Bonchev–Trinajstić information content (AvgIpc) is 3.34. The summed E-state index contributed by atoms with van der Waals surface area (Å²) in [6.07, 6.45) is 1.43. The molecular formula is C23H24N8O5S. The highest BCUT2D eigenvalue weighted by Gasteiger charge is 2.32. The van der Waals surface area contributed by atoms with Gasteiger partial charge in [0.15, 0.2) is 17.0 Å². The van der Waals surface area contributed by atoms with Crippen LogP contribution < -0.4 is 9.64 Å². The Hall–Kier alpha value is -4.17. The van der Waals surface area contributed by atoms with Crippen LogP contribution in [0.25, 0.3) is 16.9 Å². The van der Waals surface area contributed by atoms with Crippen molar-refractivity contribution in [3.05, 3.63) is 64.5 Å². The molecule has 2 aromatic heterocycles. The second-order valence-corrected chi connectivity index (χ2v) is 10.3. The van der Waals surface area contributed by atoms with Crippen LogP contribution in [0.2, 0.25) is 0 Å². The quantitative estimate of drug-likeness (QED) is 0.260. The Morgan fingerprint density at radius 2 is 1.78 bits per heavy atom. The van der Waals surface area contributed by atoms with Gasteiger partial charge in [0.2, 0.25) is 10.0 Å². The van der Waals surface area contributed by atoms with Crippen LogP contribution in [0.3, 0.4) is 0 Å². The number of nitro benzene ring substituents is 1. The predicted octanol–water partition coefficient (Wildman–Crippen LogP) is 2.34. The third kappa shape index (κ3) is 4.56. The topological polar surface area (TPSA) is 149 Å². The Kier molecular flexibility index (Phi) is 6.43. The van der Waals surface area contributed by atoms with Crippen molar-refractivity contribution < 1.29 is 18.1 Å². The van der Waals surface area contributed by atoms with E-state index in [2.05, 4.69) is 20.3 Å². The Balaban J connectivity index is 1.37. The Morgan fingerprint density at radius 1 is 1.05 bits per heavy atom. The summed E-state index contributed by atoms with van der Waals surface area (Å²) in [6.45, 7) is 5.19.